The van der Waals surface area contributed by atoms with Gasteiger partial charge in [-0.05, 0) is 19.9 Å². The van der Waals surface area contributed by atoms with Crippen LogP contribution in [-0.2, 0) is 11.3 Å². The summed E-state index contributed by atoms with van der Waals surface area (Å²) < 4.78 is 10.6. The van der Waals surface area contributed by atoms with E-state index in [0.717, 1.165) is 38.4 Å². The number of morpholine rings is 1. The van der Waals surface area contributed by atoms with E-state index in [0.29, 0.717) is 31.5 Å². The second-order valence-corrected chi connectivity index (χ2v) is 6.61. The number of pyridine rings is 1. The minimum Gasteiger partial charge on any atom is -0.481 e. The first-order chi connectivity index (χ1) is 12.5. The van der Waals surface area contributed by atoms with Crippen LogP contribution in [0.4, 0.5) is 0 Å². The van der Waals surface area contributed by atoms with Crippen LogP contribution in [0.1, 0.15) is 19.4 Å². The Kier molecular flexibility index (Phi) is 10.9. The molecule has 1 aliphatic heterocycles. The predicted octanol–water partition coefficient (Wildman–Crippen LogP) is 0.847. The number of nitrogens with zero attached hydrogens (tertiary/aromatic N) is 3. The minimum atomic E-state index is -0.862. The van der Waals surface area contributed by atoms with Gasteiger partial charge in [-0.15, -0.1) is 24.0 Å². The Morgan fingerprint density at radius 2 is 2.15 bits per heavy atom. The number of aliphatic hydroxyl groups is 1. The third kappa shape index (κ3) is 8.58. The molecule has 1 atom stereocenters. The summed E-state index contributed by atoms with van der Waals surface area (Å²) in [4.78, 5) is 11.0. The molecule has 154 valence electrons. The zero-order valence-corrected chi connectivity index (χ0v) is 18.7. The van der Waals surface area contributed by atoms with E-state index in [9.17, 15) is 5.11 Å². The monoisotopic (exact) mass is 493 g/mol. The molecule has 1 aromatic rings. The fourth-order valence-electron chi connectivity index (χ4n) is 2.81. The zero-order valence-electron chi connectivity index (χ0n) is 16.4. The first-order valence-electron chi connectivity index (χ1n) is 9.06. The van der Waals surface area contributed by atoms with Crippen molar-refractivity contribution >= 4 is 29.9 Å². The first-order valence-corrected chi connectivity index (χ1v) is 9.06. The summed E-state index contributed by atoms with van der Waals surface area (Å²) in [5.74, 6) is 1.23. The Morgan fingerprint density at radius 1 is 1.41 bits per heavy atom. The average Bonchev–Trinajstić information content (AvgIpc) is 2.64. The molecule has 0 spiro atoms. The molecule has 2 rings (SSSR count). The number of aliphatic imine (C=N–C) groups is 1. The van der Waals surface area contributed by atoms with E-state index in [2.05, 4.69) is 25.5 Å². The molecule has 9 heteroatoms. The maximum Gasteiger partial charge on any atom is 0.218 e. The fourth-order valence-corrected chi connectivity index (χ4v) is 2.81. The van der Waals surface area contributed by atoms with Crippen LogP contribution in [0.5, 0.6) is 5.88 Å². The zero-order chi connectivity index (χ0) is 18.8. The van der Waals surface area contributed by atoms with Crippen molar-refractivity contribution in [3.8, 4) is 5.88 Å². The number of rotatable bonds is 8. The van der Waals surface area contributed by atoms with Crippen LogP contribution >= 0.6 is 24.0 Å². The molecule has 1 aromatic heterocycles. The number of methoxy groups -OCH3 is 1. The van der Waals surface area contributed by atoms with Crippen molar-refractivity contribution in [2.45, 2.75) is 26.0 Å². The minimum absolute atomic E-state index is 0. The highest BCUT2D eigenvalue weighted by molar-refractivity contribution is 14.0. The van der Waals surface area contributed by atoms with Crippen molar-refractivity contribution < 1.29 is 14.6 Å². The van der Waals surface area contributed by atoms with Crippen LogP contribution < -0.4 is 15.4 Å². The number of halogens is 1. The molecule has 1 unspecified atom stereocenters. The maximum atomic E-state index is 10.7. The van der Waals surface area contributed by atoms with Crippen LogP contribution in [0.2, 0.25) is 0 Å². The summed E-state index contributed by atoms with van der Waals surface area (Å²) in [6.07, 6.45) is 1.69. The normalized spacial score (nSPS) is 17.6. The molecular formula is C18H32IN5O3. The topological polar surface area (TPSA) is 91.2 Å². The molecule has 8 nitrogen and oxygen atoms in total. The lowest BCUT2D eigenvalue weighted by Crippen LogP contribution is -2.52. The summed E-state index contributed by atoms with van der Waals surface area (Å²) in [5, 5.41) is 17.1. The molecule has 0 aliphatic carbocycles. The Bertz CT molecular complexity index is 580. The summed E-state index contributed by atoms with van der Waals surface area (Å²) in [6, 6.07) is 3.80. The largest absolute Gasteiger partial charge is 0.481 e. The van der Waals surface area contributed by atoms with Crippen LogP contribution in [-0.4, -0.2) is 79.6 Å². The van der Waals surface area contributed by atoms with Crippen molar-refractivity contribution in [1.29, 1.82) is 0 Å². The first kappa shape index (κ1) is 23.9. The molecule has 1 aliphatic rings. The highest BCUT2D eigenvalue weighted by atomic mass is 127. The SMILES string of the molecule is CCNC(=NCc1cccnc1OC)NCC(C)(O)CN1CCOCC1.I. The number of hydrogen-bond donors (Lipinski definition) is 3. The smallest absolute Gasteiger partial charge is 0.218 e. The lowest BCUT2D eigenvalue weighted by molar-refractivity contribution is -0.0201. The fraction of sp³-hybridized carbons (Fsp3) is 0.667. The molecular weight excluding hydrogens is 461 g/mol. The van der Waals surface area contributed by atoms with E-state index in [-0.39, 0.29) is 24.0 Å². The van der Waals surface area contributed by atoms with Crippen molar-refractivity contribution in [2.75, 3.05) is 53.0 Å². The van der Waals surface area contributed by atoms with E-state index in [1.807, 2.05) is 26.0 Å². The van der Waals surface area contributed by atoms with E-state index in [4.69, 9.17) is 9.47 Å². The molecule has 1 saturated heterocycles. The molecule has 2 heterocycles. The molecule has 1 fully saturated rings. The van der Waals surface area contributed by atoms with Gasteiger partial charge in [0.1, 0.15) is 0 Å². The molecule has 27 heavy (non-hydrogen) atoms. The molecule has 0 bridgehead atoms. The summed E-state index contributed by atoms with van der Waals surface area (Å²) in [6.45, 7) is 9.17. The van der Waals surface area contributed by atoms with Crippen LogP contribution in [0, 0.1) is 0 Å². The molecule has 0 radical (unpaired) electrons. The van der Waals surface area contributed by atoms with E-state index in [1.165, 1.54) is 0 Å². The molecule has 0 amide bonds. The highest BCUT2D eigenvalue weighted by Gasteiger charge is 2.25. The molecule has 0 saturated carbocycles. The van der Waals surface area contributed by atoms with Crippen molar-refractivity contribution in [2.24, 2.45) is 4.99 Å². The standard InChI is InChI=1S/C18H31N5O3.HI/c1-4-19-17(21-12-15-6-5-7-20-16(15)25-3)22-13-18(2,24)14-23-8-10-26-11-9-23;/h5-7,24H,4,8-14H2,1-3H3,(H2,19,21,22);1H. The van der Waals surface area contributed by atoms with Gasteiger partial charge >= 0.3 is 0 Å². The van der Waals surface area contributed by atoms with Gasteiger partial charge in [-0.1, -0.05) is 6.07 Å². The number of hydrogen-bond acceptors (Lipinski definition) is 6. The predicted molar refractivity (Wildman–Crippen MR) is 117 cm³/mol. The molecule has 3 N–H and O–H groups in total. The summed E-state index contributed by atoms with van der Waals surface area (Å²) in [5.41, 5.74) is 0.0479. The van der Waals surface area contributed by atoms with Crippen molar-refractivity contribution in [3.05, 3.63) is 23.9 Å². The van der Waals surface area contributed by atoms with E-state index < -0.39 is 5.60 Å². The van der Waals surface area contributed by atoms with Gasteiger partial charge in [-0.2, -0.15) is 0 Å². The van der Waals surface area contributed by atoms with Crippen LogP contribution in [0.3, 0.4) is 0 Å². The number of guanidine groups is 1. The number of nitrogens with one attached hydrogen (secondary N) is 2. The average molecular weight is 493 g/mol. The number of β-amino-alcohol motifs (C(OH)–C–C–N with tert-alkyl or cyclic N) is 1. The van der Waals surface area contributed by atoms with Crippen LogP contribution in [0.15, 0.2) is 23.3 Å². The van der Waals surface area contributed by atoms with Gasteiger partial charge in [0.25, 0.3) is 0 Å². The van der Waals surface area contributed by atoms with Gasteiger partial charge < -0.3 is 25.2 Å². The Hall–Kier alpha value is -1.17. The van der Waals surface area contributed by atoms with E-state index in [1.54, 1.807) is 13.3 Å². The third-order valence-corrected chi connectivity index (χ3v) is 4.10. The highest BCUT2D eigenvalue weighted by Crippen LogP contribution is 2.14. The second kappa shape index (κ2) is 12.3. The lowest BCUT2D eigenvalue weighted by Gasteiger charge is -2.34. The maximum absolute atomic E-state index is 10.7. The van der Waals surface area contributed by atoms with Gasteiger partial charge in [-0.3, -0.25) is 4.90 Å². The second-order valence-electron chi connectivity index (χ2n) is 6.61. The molecule has 0 aromatic carbocycles. The van der Waals surface area contributed by atoms with Gasteiger partial charge in [0.2, 0.25) is 5.88 Å². The Balaban J connectivity index is 0.00000364. The van der Waals surface area contributed by atoms with Crippen molar-refractivity contribution in [3.63, 3.8) is 0 Å². The Labute approximate surface area is 178 Å². The lowest BCUT2D eigenvalue weighted by atomic mass is 10.1. The summed E-state index contributed by atoms with van der Waals surface area (Å²) in [7, 11) is 1.60. The van der Waals surface area contributed by atoms with Gasteiger partial charge in [0, 0.05) is 44.5 Å². The number of ether oxygens (including phenoxy) is 2. The number of aromatic nitrogens is 1. The van der Waals surface area contributed by atoms with E-state index >= 15 is 0 Å². The van der Waals surface area contributed by atoms with Gasteiger partial charge in [0.15, 0.2) is 5.96 Å². The van der Waals surface area contributed by atoms with Gasteiger partial charge in [0.05, 0.1) is 32.5 Å². The summed E-state index contributed by atoms with van der Waals surface area (Å²) >= 11 is 0. The Morgan fingerprint density at radius 3 is 2.81 bits per heavy atom. The van der Waals surface area contributed by atoms with Crippen LogP contribution in [0.25, 0.3) is 0 Å². The third-order valence-electron chi connectivity index (χ3n) is 4.10. The quantitative estimate of drug-likeness (QED) is 0.281. The van der Waals surface area contributed by atoms with Crippen molar-refractivity contribution in [1.82, 2.24) is 20.5 Å². The van der Waals surface area contributed by atoms with Gasteiger partial charge in [-0.25, -0.2) is 9.98 Å².